The largest absolute Gasteiger partial charge is 0.481 e. The van der Waals surface area contributed by atoms with Crippen LogP contribution in [0.15, 0.2) is 0 Å². The first-order valence-electron chi connectivity index (χ1n) is 8.69. The summed E-state index contributed by atoms with van der Waals surface area (Å²) in [4.78, 5) is 25.6. The number of carboxylic acids is 1. The van der Waals surface area contributed by atoms with E-state index in [-0.39, 0.29) is 18.1 Å². The van der Waals surface area contributed by atoms with Crippen LogP contribution < -0.4 is 5.32 Å². The Hall–Kier alpha value is -1.30. The average Bonchev–Trinajstić information content (AvgIpc) is 2.46. The first kappa shape index (κ1) is 18.0. The molecule has 0 spiro atoms. The van der Waals surface area contributed by atoms with Gasteiger partial charge in [-0.1, -0.05) is 0 Å². The molecule has 2 N–H and O–H groups in total. The number of nitrogens with zero attached hydrogens (tertiary/aromatic N) is 1. The van der Waals surface area contributed by atoms with Gasteiger partial charge in [0.25, 0.3) is 0 Å². The van der Waals surface area contributed by atoms with E-state index in [1.807, 2.05) is 20.8 Å². The van der Waals surface area contributed by atoms with Crippen LogP contribution in [0.4, 0.5) is 4.79 Å². The van der Waals surface area contributed by atoms with Gasteiger partial charge >= 0.3 is 12.1 Å². The topological polar surface area (TPSA) is 78.9 Å². The quantitative estimate of drug-likeness (QED) is 0.833. The van der Waals surface area contributed by atoms with Crippen LogP contribution in [0.5, 0.6) is 0 Å². The van der Waals surface area contributed by atoms with Crippen LogP contribution in [-0.4, -0.2) is 53.3 Å². The lowest BCUT2D eigenvalue weighted by Crippen LogP contribution is -2.50. The fourth-order valence-electron chi connectivity index (χ4n) is 3.56. The van der Waals surface area contributed by atoms with Gasteiger partial charge in [-0.15, -0.1) is 0 Å². The number of hydrogen-bond acceptors (Lipinski definition) is 4. The van der Waals surface area contributed by atoms with Crippen molar-refractivity contribution in [3.63, 3.8) is 0 Å². The average molecular weight is 326 g/mol. The van der Waals surface area contributed by atoms with Crippen molar-refractivity contribution in [2.45, 2.75) is 64.5 Å². The highest BCUT2D eigenvalue weighted by Crippen LogP contribution is 2.31. The Bertz CT molecular complexity index is 427. The summed E-state index contributed by atoms with van der Waals surface area (Å²) in [5.41, 5.74) is -0.528. The molecule has 0 aromatic carbocycles. The highest BCUT2D eigenvalue weighted by molar-refractivity contribution is 5.72. The van der Waals surface area contributed by atoms with Crippen molar-refractivity contribution in [2.75, 3.05) is 19.6 Å². The number of likely N-dealkylation sites (tertiary alicyclic amines) is 1. The lowest BCUT2D eigenvalue weighted by atomic mass is 9.83. The first-order valence-corrected chi connectivity index (χ1v) is 8.69. The maximum absolute atomic E-state index is 12.5. The molecule has 2 heterocycles. The summed E-state index contributed by atoms with van der Waals surface area (Å²) in [6.07, 6.45) is 3.81. The molecule has 2 fully saturated rings. The van der Waals surface area contributed by atoms with Gasteiger partial charge in [0.1, 0.15) is 5.60 Å². The van der Waals surface area contributed by atoms with Crippen molar-refractivity contribution < 1.29 is 19.4 Å². The molecule has 0 unspecified atom stereocenters. The van der Waals surface area contributed by atoms with E-state index in [0.29, 0.717) is 25.3 Å². The molecular formula is C17H30N2O4. The molecular weight excluding hydrogens is 296 g/mol. The monoisotopic (exact) mass is 326 g/mol. The van der Waals surface area contributed by atoms with Gasteiger partial charge in [0.2, 0.25) is 0 Å². The lowest BCUT2D eigenvalue weighted by molar-refractivity contribution is -0.144. The minimum Gasteiger partial charge on any atom is -0.481 e. The molecule has 2 aliphatic rings. The summed E-state index contributed by atoms with van der Waals surface area (Å²) in [5.74, 6) is -0.539. The molecule has 0 radical (unpaired) electrons. The summed E-state index contributed by atoms with van der Waals surface area (Å²) < 4.78 is 5.52. The number of ether oxygens (including phenoxy) is 1. The van der Waals surface area contributed by atoms with Crippen LogP contribution in [0, 0.1) is 11.8 Å². The van der Waals surface area contributed by atoms with Crippen molar-refractivity contribution in [3.05, 3.63) is 0 Å². The molecule has 0 saturated carbocycles. The van der Waals surface area contributed by atoms with Crippen LogP contribution in [0.2, 0.25) is 0 Å². The molecule has 2 rings (SSSR count). The molecule has 2 aliphatic heterocycles. The van der Waals surface area contributed by atoms with Crippen molar-refractivity contribution >= 4 is 12.1 Å². The third-order valence-corrected chi connectivity index (χ3v) is 4.76. The highest BCUT2D eigenvalue weighted by atomic mass is 16.6. The maximum Gasteiger partial charge on any atom is 0.410 e. The van der Waals surface area contributed by atoms with Crippen molar-refractivity contribution in [1.29, 1.82) is 0 Å². The number of aliphatic carboxylic acids is 1. The molecule has 2 atom stereocenters. The van der Waals surface area contributed by atoms with Gasteiger partial charge in [-0.05, 0) is 71.9 Å². The number of carbonyl (C=O) groups excluding carboxylic acids is 1. The molecule has 1 amide bonds. The Morgan fingerprint density at radius 3 is 2.43 bits per heavy atom. The van der Waals surface area contributed by atoms with Crippen molar-refractivity contribution in [2.24, 2.45) is 11.8 Å². The zero-order valence-corrected chi connectivity index (χ0v) is 14.5. The van der Waals surface area contributed by atoms with Gasteiger partial charge in [-0.3, -0.25) is 4.79 Å². The number of carboxylic acid groups (broad SMARTS) is 1. The Morgan fingerprint density at radius 2 is 1.87 bits per heavy atom. The molecule has 0 aromatic heterocycles. The molecule has 23 heavy (non-hydrogen) atoms. The predicted octanol–water partition coefficient (Wildman–Crippen LogP) is 2.48. The van der Waals surface area contributed by atoms with E-state index in [1.54, 1.807) is 4.90 Å². The summed E-state index contributed by atoms with van der Waals surface area (Å²) in [6.45, 7) is 8.06. The number of carbonyl (C=O) groups is 2. The second kappa shape index (κ2) is 7.51. The van der Waals surface area contributed by atoms with Crippen LogP contribution in [0.25, 0.3) is 0 Å². The molecule has 6 heteroatoms. The minimum atomic E-state index is -0.746. The van der Waals surface area contributed by atoms with Gasteiger partial charge in [0.05, 0.1) is 5.92 Å². The summed E-state index contributed by atoms with van der Waals surface area (Å²) >= 11 is 0. The van der Waals surface area contributed by atoms with Crippen LogP contribution in [0.3, 0.4) is 0 Å². The number of rotatable bonds is 3. The molecule has 0 bridgehead atoms. The second-order valence-electron chi connectivity index (χ2n) is 7.82. The lowest BCUT2D eigenvalue weighted by Gasteiger charge is -2.40. The maximum atomic E-state index is 12.5. The minimum absolute atomic E-state index is 0.0252. The second-order valence-corrected chi connectivity index (χ2v) is 7.82. The third kappa shape index (κ3) is 5.37. The number of piperidine rings is 2. The van der Waals surface area contributed by atoms with Crippen molar-refractivity contribution in [1.82, 2.24) is 10.2 Å². The highest BCUT2D eigenvalue weighted by Gasteiger charge is 2.37. The predicted molar refractivity (Wildman–Crippen MR) is 87.3 cm³/mol. The zero-order valence-electron chi connectivity index (χ0n) is 14.5. The zero-order chi connectivity index (χ0) is 17.0. The Balaban J connectivity index is 2.04. The van der Waals surface area contributed by atoms with Crippen LogP contribution >= 0.6 is 0 Å². The van der Waals surface area contributed by atoms with Gasteiger partial charge in [-0.2, -0.15) is 0 Å². The standard InChI is InChI=1S/C17H30N2O4/c1-17(2,3)23-16(22)19-9-6-13(15(20)21)11-14(19)10-12-4-7-18-8-5-12/h12-14,18H,4-11H2,1-3H3,(H,20,21)/t13-,14+/m1/s1. The normalized spacial score (nSPS) is 26.8. The Labute approximate surface area is 138 Å². The molecule has 2 saturated heterocycles. The molecule has 6 nitrogen and oxygen atoms in total. The van der Waals surface area contributed by atoms with Gasteiger partial charge in [-0.25, -0.2) is 4.79 Å². The van der Waals surface area contributed by atoms with Crippen molar-refractivity contribution in [3.8, 4) is 0 Å². The number of amides is 1. The SMILES string of the molecule is CC(C)(C)OC(=O)N1CC[C@@H](C(=O)O)C[C@@H]1CC1CCNCC1. The Morgan fingerprint density at radius 1 is 1.22 bits per heavy atom. The van der Waals surface area contributed by atoms with E-state index in [2.05, 4.69) is 5.32 Å². The Kier molecular flexibility index (Phi) is 5.89. The summed E-state index contributed by atoms with van der Waals surface area (Å²) in [5, 5.41) is 12.7. The van der Waals surface area contributed by atoms with E-state index < -0.39 is 11.6 Å². The molecule has 0 aliphatic carbocycles. The van der Waals surface area contributed by atoms with E-state index >= 15 is 0 Å². The summed E-state index contributed by atoms with van der Waals surface area (Å²) in [7, 11) is 0. The summed E-state index contributed by atoms with van der Waals surface area (Å²) in [6, 6.07) is -0.0252. The molecule has 132 valence electrons. The fourth-order valence-corrected chi connectivity index (χ4v) is 3.56. The first-order chi connectivity index (χ1) is 10.8. The van der Waals surface area contributed by atoms with E-state index in [9.17, 15) is 14.7 Å². The number of nitrogens with one attached hydrogen (secondary N) is 1. The third-order valence-electron chi connectivity index (χ3n) is 4.76. The van der Waals surface area contributed by atoms with E-state index in [4.69, 9.17) is 4.74 Å². The van der Waals surface area contributed by atoms with E-state index in [1.165, 1.54) is 0 Å². The number of hydrogen-bond donors (Lipinski definition) is 2. The smallest absolute Gasteiger partial charge is 0.410 e. The van der Waals surface area contributed by atoms with Crippen LogP contribution in [0.1, 0.15) is 52.9 Å². The van der Waals surface area contributed by atoms with Gasteiger partial charge in [0.15, 0.2) is 0 Å². The van der Waals surface area contributed by atoms with E-state index in [0.717, 1.165) is 32.4 Å². The molecule has 0 aromatic rings. The van der Waals surface area contributed by atoms with Gasteiger partial charge in [0, 0.05) is 12.6 Å². The van der Waals surface area contributed by atoms with Gasteiger partial charge < -0.3 is 20.1 Å². The fraction of sp³-hybridized carbons (Fsp3) is 0.882. The van der Waals surface area contributed by atoms with Crippen LogP contribution in [-0.2, 0) is 9.53 Å².